The van der Waals surface area contributed by atoms with Gasteiger partial charge in [-0.25, -0.2) is 0 Å². The Morgan fingerprint density at radius 3 is 2.17 bits per heavy atom. The van der Waals surface area contributed by atoms with Crippen molar-refractivity contribution in [2.24, 2.45) is 5.92 Å². The van der Waals surface area contributed by atoms with Crippen LogP contribution < -0.4 is 0 Å². The predicted octanol–water partition coefficient (Wildman–Crippen LogP) is 3.25. The van der Waals surface area contributed by atoms with Gasteiger partial charge in [-0.05, 0) is 39.7 Å². The van der Waals surface area contributed by atoms with Gasteiger partial charge in [-0.15, -0.1) is 0 Å². The SMILES string of the molecule is CCN(CC)C(=O)CCN(CC(C)C)C(=O)c1cc(C)oc1C. The number of furan rings is 1. The molecule has 5 nitrogen and oxygen atoms in total. The Hall–Kier alpha value is -1.78. The first-order valence-corrected chi connectivity index (χ1v) is 8.44. The highest BCUT2D eigenvalue weighted by molar-refractivity contribution is 5.95. The third kappa shape index (κ3) is 5.41. The lowest BCUT2D eigenvalue weighted by atomic mass is 10.1. The first-order valence-electron chi connectivity index (χ1n) is 8.44. The van der Waals surface area contributed by atoms with Crippen LogP contribution in [0, 0.1) is 19.8 Å². The van der Waals surface area contributed by atoms with Crippen LogP contribution in [0.1, 0.15) is 56.0 Å². The minimum absolute atomic E-state index is 0.0552. The van der Waals surface area contributed by atoms with Gasteiger partial charge >= 0.3 is 0 Å². The van der Waals surface area contributed by atoms with Gasteiger partial charge in [0.05, 0.1) is 5.56 Å². The third-order valence-corrected chi connectivity index (χ3v) is 3.86. The normalized spacial score (nSPS) is 10.9. The summed E-state index contributed by atoms with van der Waals surface area (Å²) in [6, 6.07) is 1.78. The van der Waals surface area contributed by atoms with Crippen molar-refractivity contribution < 1.29 is 14.0 Å². The number of hydrogen-bond donors (Lipinski definition) is 0. The van der Waals surface area contributed by atoms with Crippen LogP contribution in [0.4, 0.5) is 0 Å². The molecule has 0 aliphatic carbocycles. The molecule has 0 N–H and O–H groups in total. The van der Waals surface area contributed by atoms with Gasteiger partial charge < -0.3 is 14.2 Å². The van der Waals surface area contributed by atoms with Crippen molar-refractivity contribution in [3.63, 3.8) is 0 Å². The minimum Gasteiger partial charge on any atom is -0.466 e. The second kappa shape index (κ2) is 8.75. The molecule has 0 saturated heterocycles. The molecule has 0 spiro atoms. The quantitative estimate of drug-likeness (QED) is 0.738. The van der Waals surface area contributed by atoms with E-state index in [2.05, 4.69) is 13.8 Å². The summed E-state index contributed by atoms with van der Waals surface area (Å²) in [6.45, 7) is 14.2. The molecule has 0 aliphatic heterocycles. The Kier molecular flexibility index (Phi) is 7.33. The van der Waals surface area contributed by atoms with E-state index in [9.17, 15) is 9.59 Å². The van der Waals surface area contributed by atoms with Crippen molar-refractivity contribution in [3.05, 3.63) is 23.2 Å². The maximum atomic E-state index is 12.8. The Morgan fingerprint density at radius 1 is 1.13 bits per heavy atom. The maximum absolute atomic E-state index is 12.8. The highest BCUT2D eigenvalue weighted by Crippen LogP contribution is 2.17. The monoisotopic (exact) mass is 322 g/mol. The second-order valence-corrected chi connectivity index (χ2v) is 6.29. The molecule has 0 aliphatic rings. The van der Waals surface area contributed by atoms with Crippen molar-refractivity contribution in [3.8, 4) is 0 Å². The first-order chi connectivity index (χ1) is 10.8. The Bertz CT molecular complexity index is 530. The van der Waals surface area contributed by atoms with E-state index in [0.29, 0.717) is 49.8 Å². The maximum Gasteiger partial charge on any atom is 0.257 e. The number of carbonyl (C=O) groups is 2. The molecule has 0 bridgehead atoms. The molecule has 130 valence electrons. The summed E-state index contributed by atoms with van der Waals surface area (Å²) in [7, 11) is 0. The number of hydrogen-bond acceptors (Lipinski definition) is 3. The van der Waals surface area contributed by atoms with Crippen molar-refractivity contribution in [2.75, 3.05) is 26.2 Å². The van der Waals surface area contributed by atoms with Crippen LogP contribution >= 0.6 is 0 Å². The summed E-state index contributed by atoms with van der Waals surface area (Å²) in [6.07, 6.45) is 0.357. The van der Waals surface area contributed by atoms with E-state index in [4.69, 9.17) is 4.42 Å². The molecule has 1 heterocycles. The Labute approximate surface area is 139 Å². The summed E-state index contributed by atoms with van der Waals surface area (Å²) in [5.41, 5.74) is 0.596. The lowest BCUT2D eigenvalue weighted by molar-refractivity contribution is -0.131. The smallest absolute Gasteiger partial charge is 0.257 e. The van der Waals surface area contributed by atoms with Gasteiger partial charge in [-0.1, -0.05) is 13.8 Å². The molecular formula is C18H30N2O3. The largest absolute Gasteiger partial charge is 0.466 e. The molecule has 0 radical (unpaired) electrons. The molecule has 5 heteroatoms. The second-order valence-electron chi connectivity index (χ2n) is 6.29. The number of amides is 2. The lowest BCUT2D eigenvalue weighted by Gasteiger charge is -2.26. The summed E-state index contributed by atoms with van der Waals surface area (Å²) in [4.78, 5) is 28.5. The van der Waals surface area contributed by atoms with Crippen LogP contribution in [0.2, 0.25) is 0 Å². The van der Waals surface area contributed by atoms with Crippen LogP contribution in [0.3, 0.4) is 0 Å². The number of nitrogens with zero attached hydrogens (tertiary/aromatic N) is 2. The van der Waals surface area contributed by atoms with Crippen molar-refractivity contribution >= 4 is 11.8 Å². The molecule has 0 atom stereocenters. The zero-order valence-corrected chi connectivity index (χ0v) is 15.3. The topological polar surface area (TPSA) is 53.8 Å². The van der Waals surface area contributed by atoms with E-state index in [1.54, 1.807) is 22.8 Å². The summed E-state index contributed by atoms with van der Waals surface area (Å²) < 4.78 is 5.47. The van der Waals surface area contributed by atoms with E-state index >= 15 is 0 Å². The average molecular weight is 322 g/mol. The lowest BCUT2D eigenvalue weighted by Crippen LogP contribution is -2.39. The van der Waals surface area contributed by atoms with E-state index in [1.165, 1.54) is 0 Å². The molecule has 23 heavy (non-hydrogen) atoms. The fraction of sp³-hybridized carbons (Fsp3) is 0.667. The summed E-state index contributed by atoms with van der Waals surface area (Å²) in [5, 5.41) is 0. The molecule has 0 saturated carbocycles. The molecule has 1 aromatic rings. The van der Waals surface area contributed by atoms with Crippen LogP contribution in [-0.2, 0) is 4.79 Å². The van der Waals surface area contributed by atoms with Crippen molar-refractivity contribution in [1.82, 2.24) is 9.80 Å². The molecule has 1 aromatic heterocycles. The minimum atomic E-state index is -0.0552. The zero-order chi connectivity index (χ0) is 17.6. The molecule has 0 aromatic carbocycles. The Morgan fingerprint density at radius 2 is 1.74 bits per heavy atom. The fourth-order valence-corrected chi connectivity index (χ4v) is 2.70. The van der Waals surface area contributed by atoms with E-state index in [0.717, 1.165) is 5.76 Å². The van der Waals surface area contributed by atoms with Crippen LogP contribution in [0.25, 0.3) is 0 Å². The fourth-order valence-electron chi connectivity index (χ4n) is 2.70. The molecular weight excluding hydrogens is 292 g/mol. The molecule has 2 amide bonds. The highest BCUT2D eigenvalue weighted by Gasteiger charge is 2.22. The van der Waals surface area contributed by atoms with Gasteiger partial charge in [-0.3, -0.25) is 9.59 Å². The van der Waals surface area contributed by atoms with E-state index in [-0.39, 0.29) is 11.8 Å². The zero-order valence-electron chi connectivity index (χ0n) is 15.3. The van der Waals surface area contributed by atoms with Gasteiger partial charge in [0.2, 0.25) is 5.91 Å². The first kappa shape index (κ1) is 19.3. The van der Waals surface area contributed by atoms with Gasteiger partial charge in [-0.2, -0.15) is 0 Å². The van der Waals surface area contributed by atoms with E-state index < -0.39 is 0 Å². The Balaban J connectivity index is 2.82. The van der Waals surface area contributed by atoms with Gasteiger partial charge in [0.1, 0.15) is 11.5 Å². The molecule has 1 rings (SSSR count). The standard InChI is InChI=1S/C18H30N2O3/c1-7-19(8-2)17(21)9-10-20(12-13(3)4)18(22)16-11-14(5)23-15(16)6/h11,13H,7-10,12H2,1-6H3. The summed E-state index contributed by atoms with van der Waals surface area (Å²) in [5.74, 6) is 1.75. The molecule has 0 unspecified atom stereocenters. The van der Waals surface area contributed by atoms with E-state index in [1.807, 2.05) is 20.8 Å². The number of aryl methyl sites for hydroxylation is 2. The van der Waals surface area contributed by atoms with Gasteiger partial charge in [0, 0.05) is 32.6 Å². The van der Waals surface area contributed by atoms with Crippen LogP contribution in [0.5, 0.6) is 0 Å². The summed E-state index contributed by atoms with van der Waals surface area (Å²) >= 11 is 0. The number of carbonyl (C=O) groups excluding carboxylic acids is 2. The average Bonchev–Trinajstić information content (AvgIpc) is 2.82. The van der Waals surface area contributed by atoms with Crippen molar-refractivity contribution in [2.45, 2.75) is 48.0 Å². The third-order valence-electron chi connectivity index (χ3n) is 3.86. The highest BCUT2D eigenvalue weighted by atomic mass is 16.3. The van der Waals surface area contributed by atoms with Gasteiger partial charge in [0.25, 0.3) is 5.91 Å². The van der Waals surface area contributed by atoms with Crippen LogP contribution in [0.15, 0.2) is 10.5 Å². The number of rotatable bonds is 8. The van der Waals surface area contributed by atoms with Crippen molar-refractivity contribution in [1.29, 1.82) is 0 Å². The molecule has 0 fully saturated rings. The van der Waals surface area contributed by atoms with Gasteiger partial charge in [0.15, 0.2) is 0 Å². The van der Waals surface area contributed by atoms with Crippen LogP contribution in [-0.4, -0.2) is 47.8 Å². The predicted molar refractivity (Wildman–Crippen MR) is 91.5 cm³/mol.